The van der Waals surface area contributed by atoms with E-state index in [2.05, 4.69) is 19.9 Å². The van der Waals surface area contributed by atoms with Gasteiger partial charge in [-0.3, -0.25) is 14.6 Å². The van der Waals surface area contributed by atoms with Crippen LogP contribution in [0.2, 0.25) is 0 Å². The summed E-state index contributed by atoms with van der Waals surface area (Å²) in [5, 5.41) is 4.08. The van der Waals surface area contributed by atoms with E-state index in [1.807, 2.05) is 13.8 Å². The molecule has 2 aliphatic rings. The number of piperazine rings is 1. The zero-order valence-electron chi connectivity index (χ0n) is 14.0. The average molecular weight is 322 g/mol. The number of esters is 1. The molecule has 1 atom stereocenters. The average Bonchev–Trinajstić information content (AvgIpc) is 3.30. The van der Waals surface area contributed by atoms with E-state index in [4.69, 9.17) is 9.26 Å². The first-order valence-electron chi connectivity index (χ1n) is 8.66. The summed E-state index contributed by atoms with van der Waals surface area (Å²) in [6, 6.07) is -0.122. The van der Waals surface area contributed by atoms with Gasteiger partial charge in [0, 0.05) is 32.1 Å². The Morgan fingerprint density at radius 3 is 2.65 bits per heavy atom. The minimum absolute atomic E-state index is 0.101. The molecule has 0 aromatic carbocycles. The van der Waals surface area contributed by atoms with E-state index in [-0.39, 0.29) is 12.0 Å². The van der Waals surface area contributed by atoms with Crippen LogP contribution >= 0.6 is 0 Å². The lowest BCUT2D eigenvalue weighted by Gasteiger charge is -2.37. The first kappa shape index (κ1) is 16.4. The van der Waals surface area contributed by atoms with Crippen molar-refractivity contribution in [1.82, 2.24) is 19.9 Å². The molecule has 23 heavy (non-hydrogen) atoms. The SMILES string of the molecule is CCOC(=O)[C@H](CC)N1CCN(Cc2noc(C3CC3)n2)CC1. The van der Waals surface area contributed by atoms with Crippen LogP contribution in [0.1, 0.15) is 50.7 Å². The normalized spacial score (nSPS) is 21.3. The molecule has 0 N–H and O–H groups in total. The molecule has 1 aromatic heterocycles. The summed E-state index contributed by atoms with van der Waals surface area (Å²) in [7, 11) is 0. The van der Waals surface area contributed by atoms with Crippen LogP contribution in [0.15, 0.2) is 4.52 Å². The monoisotopic (exact) mass is 322 g/mol. The van der Waals surface area contributed by atoms with Crippen LogP contribution in [0.3, 0.4) is 0 Å². The Labute approximate surface area is 137 Å². The van der Waals surface area contributed by atoms with Crippen molar-refractivity contribution in [3.63, 3.8) is 0 Å². The molecule has 0 radical (unpaired) electrons. The summed E-state index contributed by atoms with van der Waals surface area (Å²) in [4.78, 5) is 21.0. The zero-order chi connectivity index (χ0) is 16.2. The highest BCUT2D eigenvalue weighted by atomic mass is 16.5. The van der Waals surface area contributed by atoms with Gasteiger partial charge >= 0.3 is 5.97 Å². The number of rotatable bonds is 7. The van der Waals surface area contributed by atoms with Crippen LogP contribution in [-0.2, 0) is 16.1 Å². The zero-order valence-corrected chi connectivity index (χ0v) is 14.0. The van der Waals surface area contributed by atoms with Crippen LogP contribution in [0.5, 0.6) is 0 Å². The summed E-state index contributed by atoms with van der Waals surface area (Å²) in [5.41, 5.74) is 0. The highest BCUT2D eigenvalue weighted by molar-refractivity contribution is 5.75. The molecule has 1 aromatic rings. The molecule has 0 unspecified atom stereocenters. The van der Waals surface area contributed by atoms with Gasteiger partial charge in [0.05, 0.1) is 13.2 Å². The first-order valence-corrected chi connectivity index (χ1v) is 8.66. The number of nitrogens with zero attached hydrogens (tertiary/aromatic N) is 4. The Morgan fingerprint density at radius 1 is 1.30 bits per heavy atom. The van der Waals surface area contributed by atoms with E-state index in [1.165, 1.54) is 12.8 Å². The lowest BCUT2D eigenvalue weighted by Crippen LogP contribution is -2.52. The number of hydrogen-bond donors (Lipinski definition) is 0. The van der Waals surface area contributed by atoms with E-state index in [9.17, 15) is 4.79 Å². The van der Waals surface area contributed by atoms with Crippen LogP contribution < -0.4 is 0 Å². The van der Waals surface area contributed by atoms with Gasteiger partial charge in [0.2, 0.25) is 5.89 Å². The molecule has 0 amide bonds. The maximum atomic E-state index is 12.0. The molecule has 128 valence electrons. The van der Waals surface area contributed by atoms with Crippen LogP contribution in [-0.4, -0.2) is 64.7 Å². The van der Waals surface area contributed by atoms with E-state index in [1.54, 1.807) is 0 Å². The van der Waals surface area contributed by atoms with E-state index < -0.39 is 0 Å². The summed E-state index contributed by atoms with van der Waals surface area (Å²) < 4.78 is 10.5. The quantitative estimate of drug-likeness (QED) is 0.703. The molecular formula is C16H26N4O3. The van der Waals surface area contributed by atoms with Crippen molar-refractivity contribution in [2.24, 2.45) is 0 Å². The molecule has 7 nitrogen and oxygen atoms in total. The van der Waals surface area contributed by atoms with E-state index in [0.717, 1.165) is 50.9 Å². The first-order chi connectivity index (χ1) is 11.2. The van der Waals surface area contributed by atoms with Crippen molar-refractivity contribution in [2.45, 2.75) is 51.6 Å². The van der Waals surface area contributed by atoms with Gasteiger partial charge in [0.15, 0.2) is 5.82 Å². The third-order valence-corrected chi connectivity index (χ3v) is 4.57. The van der Waals surface area contributed by atoms with Gasteiger partial charge in [0.1, 0.15) is 6.04 Å². The predicted molar refractivity (Wildman–Crippen MR) is 83.8 cm³/mol. The van der Waals surface area contributed by atoms with Crippen molar-refractivity contribution < 1.29 is 14.1 Å². The second-order valence-corrected chi connectivity index (χ2v) is 6.31. The van der Waals surface area contributed by atoms with Gasteiger partial charge in [-0.25, -0.2) is 0 Å². The number of hydrogen-bond acceptors (Lipinski definition) is 7. The lowest BCUT2D eigenvalue weighted by molar-refractivity contribution is -0.150. The lowest BCUT2D eigenvalue weighted by atomic mass is 10.1. The van der Waals surface area contributed by atoms with Gasteiger partial charge in [-0.1, -0.05) is 12.1 Å². The van der Waals surface area contributed by atoms with Crippen molar-refractivity contribution >= 4 is 5.97 Å². The summed E-state index contributed by atoms with van der Waals surface area (Å²) in [6.45, 7) is 8.59. The van der Waals surface area contributed by atoms with Gasteiger partial charge in [-0.15, -0.1) is 0 Å². The highest BCUT2D eigenvalue weighted by Gasteiger charge is 2.31. The van der Waals surface area contributed by atoms with Gasteiger partial charge in [-0.2, -0.15) is 4.98 Å². The molecule has 0 spiro atoms. The number of carbonyl (C=O) groups is 1. The van der Waals surface area contributed by atoms with Crippen LogP contribution in [0.4, 0.5) is 0 Å². The second-order valence-electron chi connectivity index (χ2n) is 6.31. The third-order valence-electron chi connectivity index (χ3n) is 4.57. The third kappa shape index (κ3) is 4.09. The van der Waals surface area contributed by atoms with Crippen molar-refractivity contribution in [2.75, 3.05) is 32.8 Å². The van der Waals surface area contributed by atoms with Gasteiger partial charge in [-0.05, 0) is 26.2 Å². The van der Waals surface area contributed by atoms with Crippen molar-refractivity contribution in [1.29, 1.82) is 0 Å². The van der Waals surface area contributed by atoms with Crippen LogP contribution in [0, 0.1) is 0 Å². The predicted octanol–water partition coefficient (Wildman–Crippen LogP) is 1.41. The Bertz CT molecular complexity index is 521. The summed E-state index contributed by atoms with van der Waals surface area (Å²) in [5.74, 6) is 1.98. The smallest absolute Gasteiger partial charge is 0.323 e. The fourth-order valence-electron chi connectivity index (χ4n) is 3.07. The Hall–Kier alpha value is -1.47. The molecule has 1 saturated heterocycles. The maximum Gasteiger partial charge on any atom is 0.323 e. The van der Waals surface area contributed by atoms with Crippen molar-refractivity contribution in [3.05, 3.63) is 11.7 Å². The summed E-state index contributed by atoms with van der Waals surface area (Å²) >= 11 is 0. The minimum atomic E-state index is -0.122. The standard InChI is InChI=1S/C16H26N4O3/c1-3-13(16(21)22-4-2)20-9-7-19(8-10-20)11-14-17-15(23-18-14)12-5-6-12/h12-13H,3-11H2,1-2H3/t13-/m0/s1. The Balaban J connectivity index is 1.48. The highest BCUT2D eigenvalue weighted by Crippen LogP contribution is 2.38. The molecule has 3 rings (SSSR count). The minimum Gasteiger partial charge on any atom is -0.465 e. The van der Waals surface area contributed by atoms with Gasteiger partial charge < -0.3 is 9.26 Å². The molecule has 7 heteroatoms. The topological polar surface area (TPSA) is 71.7 Å². The molecule has 1 aliphatic carbocycles. The molecule has 2 heterocycles. The Kier molecular flexibility index (Phi) is 5.27. The molecule has 1 saturated carbocycles. The second kappa shape index (κ2) is 7.40. The number of carbonyl (C=O) groups excluding carboxylic acids is 1. The van der Waals surface area contributed by atoms with Crippen molar-refractivity contribution in [3.8, 4) is 0 Å². The summed E-state index contributed by atoms with van der Waals surface area (Å²) in [6.07, 6.45) is 3.13. The molecule has 2 fully saturated rings. The fourth-order valence-corrected chi connectivity index (χ4v) is 3.07. The molecular weight excluding hydrogens is 296 g/mol. The van der Waals surface area contributed by atoms with Gasteiger partial charge in [0.25, 0.3) is 0 Å². The molecule has 0 bridgehead atoms. The fraction of sp³-hybridized carbons (Fsp3) is 0.812. The number of aromatic nitrogens is 2. The van der Waals surface area contributed by atoms with Crippen LogP contribution in [0.25, 0.3) is 0 Å². The maximum absolute atomic E-state index is 12.0. The Morgan fingerprint density at radius 2 is 2.04 bits per heavy atom. The van der Waals surface area contributed by atoms with E-state index >= 15 is 0 Å². The molecule has 1 aliphatic heterocycles. The number of ether oxygens (including phenoxy) is 1. The largest absolute Gasteiger partial charge is 0.465 e. The van der Waals surface area contributed by atoms with E-state index in [0.29, 0.717) is 12.5 Å².